The Bertz CT molecular complexity index is 1140. The summed E-state index contributed by atoms with van der Waals surface area (Å²) in [7, 11) is -1.55. The first kappa shape index (κ1) is 16.9. The number of fused-ring (bicyclic) bond motifs is 1. The molecule has 132 valence electrons. The molecular formula is C18H12BN3O5. The van der Waals surface area contributed by atoms with Crippen molar-refractivity contribution in [3.63, 3.8) is 0 Å². The van der Waals surface area contributed by atoms with Gasteiger partial charge in [0.05, 0.1) is 16.6 Å². The van der Waals surface area contributed by atoms with Crippen LogP contribution in [0.15, 0.2) is 59.3 Å². The zero-order chi connectivity index (χ0) is 19.0. The summed E-state index contributed by atoms with van der Waals surface area (Å²) in [4.78, 5) is 19.5. The molecule has 0 radical (unpaired) electrons. The van der Waals surface area contributed by atoms with Gasteiger partial charge in [0.25, 0.3) is 5.89 Å². The van der Waals surface area contributed by atoms with E-state index in [0.717, 1.165) is 5.39 Å². The fourth-order valence-corrected chi connectivity index (χ4v) is 2.64. The van der Waals surface area contributed by atoms with Gasteiger partial charge in [-0.1, -0.05) is 29.4 Å². The molecule has 0 saturated heterocycles. The molecule has 0 spiro atoms. The van der Waals surface area contributed by atoms with Crippen LogP contribution in [-0.2, 0) is 0 Å². The van der Waals surface area contributed by atoms with Gasteiger partial charge in [0.1, 0.15) is 0 Å². The smallest absolute Gasteiger partial charge is 0.478 e. The number of pyridine rings is 1. The number of carboxylic acids is 1. The van der Waals surface area contributed by atoms with Crippen LogP contribution in [0, 0.1) is 0 Å². The number of carbonyl (C=O) groups is 1. The molecule has 4 rings (SSSR count). The maximum absolute atomic E-state index is 10.9. The molecule has 2 heterocycles. The van der Waals surface area contributed by atoms with Gasteiger partial charge >= 0.3 is 13.1 Å². The van der Waals surface area contributed by atoms with Gasteiger partial charge < -0.3 is 19.7 Å². The predicted molar refractivity (Wildman–Crippen MR) is 97.3 cm³/mol. The highest BCUT2D eigenvalue weighted by molar-refractivity contribution is 6.58. The topological polar surface area (TPSA) is 130 Å². The summed E-state index contributed by atoms with van der Waals surface area (Å²) in [6.07, 6.45) is 1.56. The van der Waals surface area contributed by atoms with Gasteiger partial charge in [-0.05, 0) is 29.7 Å². The van der Waals surface area contributed by atoms with Crippen LogP contribution >= 0.6 is 0 Å². The summed E-state index contributed by atoms with van der Waals surface area (Å²) in [6.45, 7) is 0. The van der Waals surface area contributed by atoms with Crippen LogP contribution in [0.1, 0.15) is 10.4 Å². The Balaban J connectivity index is 1.66. The SMILES string of the molecule is O=C(O)c1ccc(-c2noc(-c3cnc4cc(B(O)O)ccc4c3)n2)cc1. The second-order valence-electron chi connectivity index (χ2n) is 5.86. The van der Waals surface area contributed by atoms with E-state index in [2.05, 4.69) is 15.1 Å². The average molecular weight is 361 g/mol. The zero-order valence-corrected chi connectivity index (χ0v) is 13.8. The van der Waals surface area contributed by atoms with E-state index in [4.69, 9.17) is 9.63 Å². The van der Waals surface area contributed by atoms with Crippen LogP contribution in [0.4, 0.5) is 0 Å². The van der Waals surface area contributed by atoms with Crippen molar-refractivity contribution in [3.8, 4) is 22.8 Å². The molecule has 9 heteroatoms. The molecule has 3 N–H and O–H groups in total. The maximum atomic E-state index is 10.9. The van der Waals surface area contributed by atoms with Crippen LogP contribution in [0.25, 0.3) is 33.7 Å². The maximum Gasteiger partial charge on any atom is 0.488 e. The molecule has 2 aromatic carbocycles. The molecule has 0 amide bonds. The number of carboxylic acid groups (broad SMARTS) is 1. The number of rotatable bonds is 4. The van der Waals surface area contributed by atoms with Crippen LogP contribution in [-0.4, -0.2) is 43.4 Å². The lowest BCUT2D eigenvalue weighted by atomic mass is 9.80. The Morgan fingerprint density at radius 1 is 1.00 bits per heavy atom. The Hall–Kier alpha value is -3.56. The predicted octanol–water partition coefficient (Wildman–Crippen LogP) is 1.33. The van der Waals surface area contributed by atoms with E-state index in [0.29, 0.717) is 27.9 Å². The van der Waals surface area contributed by atoms with Gasteiger partial charge in [0, 0.05) is 17.1 Å². The van der Waals surface area contributed by atoms with Crippen molar-refractivity contribution in [2.24, 2.45) is 0 Å². The van der Waals surface area contributed by atoms with Gasteiger partial charge in [0.15, 0.2) is 0 Å². The van der Waals surface area contributed by atoms with Crippen LogP contribution in [0.3, 0.4) is 0 Å². The van der Waals surface area contributed by atoms with E-state index in [9.17, 15) is 14.8 Å². The molecule has 0 saturated carbocycles. The molecule has 0 bridgehead atoms. The monoisotopic (exact) mass is 361 g/mol. The first-order valence-corrected chi connectivity index (χ1v) is 7.95. The van der Waals surface area contributed by atoms with E-state index >= 15 is 0 Å². The third-order valence-electron chi connectivity index (χ3n) is 4.07. The summed E-state index contributed by atoms with van der Waals surface area (Å²) >= 11 is 0. The number of aromatic carboxylic acids is 1. The molecule has 2 aromatic heterocycles. The summed E-state index contributed by atoms with van der Waals surface area (Å²) in [5.74, 6) is -0.400. The third-order valence-corrected chi connectivity index (χ3v) is 4.07. The Labute approximate surface area is 152 Å². The molecule has 8 nitrogen and oxygen atoms in total. The lowest BCUT2D eigenvalue weighted by Gasteiger charge is -2.03. The molecule has 0 aliphatic carbocycles. The standard InChI is InChI=1S/C18H12BN3O5/c23-18(24)11-3-1-10(2-4-11)16-21-17(27-22-16)13-7-12-5-6-14(19(25)26)8-15(12)20-9-13/h1-9,25-26H,(H,23,24). The minimum absolute atomic E-state index is 0.175. The van der Waals surface area contributed by atoms with E-state index in [-0.39, 0.29) is 11.5 Å². The lowest BCUT2D eigenvalue weighted by molar-refractivity contribution is 0.0697. The Morgan fingerprint density at radius 2 is 1.78 bits per heavy atom. The van der Waals surface area contributed by atoms with Gasteiger partial charge in [-0.25, -0.2) is 4.79 Å². The number of benzene rings is 2. The van der Waals surface area contributed by atoms with E-state index < -0.39 is 13.1 Å². The van der Waals surface area contributed by atoms with E-state index in [1.807, 2.05) is 0 Å². The second-order valence-corrected chi connectivity index (χ2v) is 5.86. The largest absolute Gasteiger partial charge is 0.488 e. The van der Waals surface area contributed by atoms with Crippen molar-refractivity contribution in [1.29, 1.82) is 0 Å². The van der Waals surface area contributed by atoms with Crippen LogP contribution in [0.2, 0.25) is 0 Å². The van der Waals surface area contributed by atoms with Crippen molar-refractivity contribution in [3.05, 3.63) is 60.3 Å². The van der Waals surface area contributed by atoms with Gasteiger partial charge in [-0.3, -0.25) is 4.98 Å². The molecular weight excluding hydrogens is 349 g/mol. The quantitative estimate of drug-likeness (QED) is 0.464. The summed E-state index contributed by atoms with van der Waals surface area (Å²) in [5, 5.41) is 32.1. The summed E-state index contributed by atoms with van der Waals surface area (Å²) in [5.41, 5.74) is 2.38. The van der Waals surface area contributed by atoms with Crippen molar-refractivity contribution in [2.75, 3.05) is 0 Å². The highest BCUT2D eigenvalue weighted by Gasteiger charge is 2.14. The minimum atomic E-state index is -1.55. The van der Waals surface area contributed by atoms with Crippen LogP contribution in [0.5, 0.6) is 0 Å². The zero-order valence-electron chi connectivity index (χ0n) is 13.8. The Kier molecular flexibility index (Phi) is 4.15. The molecule has 27 heavy (non-hydrogen) atoms. The van der Waals surface area contributed by atoms with Crippen molar-refractivity contribution in [1.82, 2.24) is 15.1 Å². The average Bonchev–Trinajstić information content (AvgIpc) is 3.17. The minimum Gasteiger partial charge on any atom is -0.478 e. The second kappa shape index (κ2) is 6.63. The highest BCUT2D eigenvalue weighted by atomic mass is 16.5. The van der Waals surface area contributed by atoms with Crippen LogP contribution < -0.4 is 5.46 Å². The first-order chi connectivity index (χ1) is 13.0. The van der Waals surface area contributed by atoms with Gasteiger partial charge in [0.2, 0.25) is 5.82 Å². The number of hydrogen-bond donors (Lipinski definition) is 3. The van der Waals surface area contributed by atoms with Crippen molar-refractivity contribution in [2.45, 2.75) is 0 Å². The number of hydrogen-bond acceptors (Lipinski definition) is 7. The molecule has 4 aromatic rings. The fraction of sp³-hybridized carbons (Fsp3) is 0. The van der Waals surface area contributed by atoms with Crippen molar-refractivity contribution < 1.29 is 24.5 Å². The molecule has 0 aliphatic heterocycles. The van der Waals surface area contributed by atoms with Crippen molar-refractivity contribution >= 4 is 29.5 Å². The summed E-state index contributed by atoms with van der Waals surface area (Å²) in [6, 6.07) is 12.9. The number of nitrogens with zero attached hydrogens (tertiary/aromatic N) is 3. The van der Waals surface area contributed by atoms with Gasteiger partial charge in [-0.2, -0.15) is 4.98 Å². The molecule has 0 aliphatic rings. The van der Waals surface area contributed by atoms with E-state index in [1.54, 1.807) is 42.6 Å². The molecule has 0 fully saturated rings. The highest BCUT2D eigenvalue weighted by Crippen LogP contribution is 2.24. The fourth-order valence-electron chi connectivity index (χ4n) is 2.64. The normalized spacial score (nSPS) is 10.9. The third kappa shape index (κ3) is 3.28. The summed E-state index contributed by atoms with van der Waals surface area (Å²) < 4.78 is 5.30. The molecule has 0 unspecified atom stereocenters. The number of aromatic nitrogens is 3. The van der Waals surface area contributed by atoms with E-state index in [1.165, 1.54) is 12.1 Å². The first-order valence-electron chi connectivity index (χ1n) is 7.95. The lowest BCUT2D eigenvalue weighted by Crippen LogP contribution is -2.29. The Morgan fingerprint density at radius 3 is 2.48 bits per heavy atom. The van der Waals surface area contributed by atoms with Gasteiger partial charge in [-0.15, -0.1) is 0 Å². The molecule has 0 atom stereocenters.